The van der Waals surface area contributed by atoms with Gasteiger partial charge in [0.05, 0.1) is 0 Å². The monoisotopic (exact) mass is 212 g/mol. The molecule has 2 nitrogen and oxygen atoms in total. The molecule has 3 fully saturated rings. The summed E-state index contributed by atoms with van der Waals surface area (Å²) in [5.41, 5.74) is 6.87. The molecule has 0 amide bonds. The lowest BCUT2D eigenvalue weighted by Gasteiger charge is -2.69. The van der Waals surface area contributed by atoms with E-state index in [9.17, 15) is 0 Å². The van der Waals surface area contributed by atoms with Gasteiger partial charge in [0.2, 0.25) is 0 Å². The molecule has 3 saturated carbocycles. The molecule has 3 aliphatic carbocycles. The summed E-state index contributed by atoms with van der Waals surface area (Å²) in [6.07, 6.45) is 3.83. The molecule has 2 bridgehead atoms. The van der Waals surface area contributed by atoms with E-state index in [2.05, 4.69) is 19.0 Å². The predicted molar refractivity (Wildman–Crippen MR) is 56.3 cm³/mol. The van der Waals surface area contributed by atoms with E-state index in [1.54, 1.807) is 0 Å². The van der Waals surface area contributed by atoms with Crippen LogP contribution in [-0.2, 0) is 0 Å². The van der Waals surface area contributed by atoms with Gasteiger partial charge >= 0.3 is 0 Å². The number of rotatable bonds is 2. The van der Waals surface area contributed by atoms with Crippen molar-refractivity contribution in [1.29, 1.82) is 0 Å². The van der Waals surface area contributed by atoms with Crippen LogP contribution < -0.4 is 5.73 Å². The normalized spacial score (nSPS) is 42.0. The van der Waals surface area contributed by atoms with Gasteiger partial charge in [0, 0.05) is 12.1 Å². The molecule has 0 radical (unpaired) electrons. The maximum absolute atomic E-state index is 5.93. The molecule has 0 aromatic carbocycles. The van der Waals surface area contributed by atoms with Gasteiger partial charge in [0.1, 0.15) is 0 Å². The van der Waals surface area contributed by atoms with Crippen LogP contribution in [0, 0.1) is 5.41 Å². The zero-order valence-corrected chi connectivity index (χ0v) is 9.30. The number of nitrogens with two attached hydrogens (primary N) is 1. The van der Waals surface area contributed by atoms with Crippen molar-refractivity contribution in [2.75, 3.05) is 20.6 Å². The molecule has 0 heterocycles. The third-order valence-electron chi connectivity index (χ3n) is 2.83. The molecule has 0 unspecified atom stereocenters. The highest BCUT2D eigenvalue weighted by molar-refractivity contribution is 5.85. The number of halogens is 2. The van der Waals surface area contributed by atoms with Crippen LogP contribution in [-0.4, -0.2) is 31.1 Å². The van der Waals surface area contributed by atoms with Gasteiger partial charge in [-0.05, 0) is 38.8 Å². The van der Waals surface area contributed by atoms with Crippen molar-refractivity contribution in [2.45, 2.75) is 24.8 Å². The Morgan fingerprint density at radius 3 is 1.83 bits per heavy atom. The molecule has 0 aromatic rings. The van der Waals surface area contributed by atoms with Gasteiger partial charge in [-0.2, -0.15) is 0 Å². The average Bonchev–Trinajstić information content (AvgIpc) is 1.56. The zero-order valence-electron chi connectivity index (χ0n) is 7.67. The van der Waals surface area contributed by atoms with E-state index >= 15 is 0 Å². The number of nitrogens with zero attached hydrogens (tertiary/aromatic N) is 1. The highest BCUT2D eigenvalue weighted by Crippen LogP contribution is 2.65. The van der Waals surface area contributed by atoms with Crippen LogP contribution >= 0.6 is 24.8 Å². The standard InChI is InChI=1S/C8H16N2.2ClH/c1-10(2)6-7-3-8(9,4-7)5-7;;/h3-6,9H2,1-2H3;2*1H. The molecular formula is C8H18Cl2N2. The van der Waals surface area contributed by atoms with Crippen LogP contribution in [0.2, 0.25) is 0 Å². The third kappa shape index (κ3) is 1.72. The first-order chi connectivity index (χ1) is 4.54. The van der Waals surface area contributed by atoms with Gasteiger partial charge in [-0.15, -0.1) is 24.8 Å². The molecule has 2 N–H and O–H groups in total. The Hall–Kier alpha value is 0.500. The van der Waals surface area contributed by atoms with Crippen LogP contribution in [0.4, 0.5) is 0 Å². The highest BCUT2D eigenvalue weighted by atomic mass is 35.5. The molecule has 3 aliphatic rings. The fourth-order valence-corrected chi connectivity index (χ4v) is 2.92. The lowest BCUT2D eigenvalue weighted by Crippen LogP contribution is -2.74. The second-order valence-corrected chi connectivity index (χ2v) is 4.63. The minimum Gasteiger partial charge on any atom is -0.325 e. The summed E-state index contributed by atoms with van der Waals surface area (Å²) in [4.78, 5) is 2.28. The first kappa shape index (κ1) is 12.5. The first-order valence-electron chi connectivity index (χ1n) is 3.97. The fraction of sp³-hybridized carbons (Fsp3) is 1.00. The Kier molecular flexibility index (Phi) is 3.47. The second-order valence-electron chi connectivity index (χ2n) is 4.63. The Morgan fingerprint density at radius 1 is 1.17 bits per heavy atom. The highest BCUT2D eigenvalue weighted by Gasteiger charge is 2.65. The SMILES string of the molecule is CN(C)CC12CC(N)(C1)C2.Cl.Cl. The van der Waals surface area contributed by atoms with E-state index in [1.807, 2.05) is 0 Å². The molecule has 0 atom stereocenters. The van der Waals surface area contributed by atoms with E-state index < -0.39 is 0 Å². The molecular weight excluding hydrogens is 195 g/mol. The van der Waals surface area contributed by atoms with E-state index in [0.29, 0.717) is 5.41 Å². The Balaban J connectivity index is 0.000000605. The largest absolute Gasteiger partial charge is 0.325 e. The molecule has 3 rings (SSSR count). The van der Waals surface area contributed by atoms with E-state index in [-0.39, 0.29) is 30.4 Å². The minimum atomic E-state index is 0. The lowest BCUT2D eigenvalue weighted by atomic mass is 9.40. The number of hydrogen-bond acceptors (Lipinski definition) is 2. The molecule has 0 aromatic heterocycles. The minimum absolute atomic E-state index is 0. The van der Waals surface area contributed by atoms with Crippen molar-refractivity contribution in [3.05, 3.63) is 0 Å². The molecule has 74 valence electrons. The Morgan fingerprint density at radius 2 is 1.58 bits per heavy atom. The quantitative estimate of drug-likeness (QED) is 0.748. The number of hydrogen-bond donors (Lipinski definition) is 1. The molecule has 0 saturated heterocycles. The Labute approximate surface area is 86.7 Å². The molecule has 0 aliphatic heterocycles. The Bertz CT molecular complexity index is 151. The summed E-state index contributed by atoms with van der Waals surface area (Å²) in [6.45, 7) is 1.24. The van der Waals surface area contributed by atoms with Gasteiger partial charge in [0.15, 0.2) is 0 Å². The molecule has 12 heavy (non-hydrogen) atoms. The zero-order chi connectivity index (χ0) is 7.41. The van der Waals surface area contributed by atoms with Gasteiger partial charge in [0.25, 0.3) is 0 Å². The average molecular weight is 213 g/mol. The topological polar surface area (TPSA) is 29.3 Å². The molecule has 0 spiro atoms. The maximum atomic E-state index is 5.93. The van der Waals surface area contributed by atoms with E-state index in [4.69, 9.17) is 5.73 Å². The van der Waals surface area contributed by atoms with Crippen LogP contribution in [0.5, 0.6) is 0 Å². The van der Waals surface area contributed by atoms with E-state index in [1.165, 1.54) is 25.8 Å². The van der Waals surface area contributed by atoms with Crippen molar-refractivity contribution < 1.29 is 0 Å². The second kappa shape index (κ2) is 3.33. The third-order valence-corrected chi connectivity index (χ3v) is 2.83. The van der Waals surface area contributed by atoms with Crippen molar-refractivity contribution in [3.8, 4) is 0 Å². The summed E-state index contributed by atoms with van der Waals surface area (Å²) < 4.78 is 0. The smallest absolute Gasteiger partial charge is 0.0171 e. The first-order valence-corrected chi connectivity index (χ1v) is 3.97. The van der Waals surface area contributed by atoms with Crippen LogP contribution in [0.15, 0.2) is 0 Å². The van der Waals surface area contributed by atoms with Gasteiger partial charge in [-0.25, -0.2) is 0 Å². The summed E-state index contributed by atoms with van der Waals surface area (Å²) in [6, 6.07) is 0. The molecule has 4 heteroatoms. The van der Waals surface area contributed by atoms with Gasteiger partial charge < -0.3 is 10.6 Å². The summed E-state index contributed by atoms with van der Waals surface area (Å²) in [7, 11) is 4.28. The lowest BCUT2D eigenvalue weighted by molar-refractivity contribution is -0.141. The van der Waals surface area contributed by atoms with Crippen LogP contribution in [0.3, 0.4) is 0 Å². The van der Waals surface area contributed by atoms with Crippen molar-refractivity contribution >= 4 is 24.8 Å². The summed E-state index contributed by atoms with van der Waals surface area (Å²) in [5.74, 6) is 0. The van der Waals surface area contributed by atoms with Crippen molar-refractivity contribution in [3.63, 3.8) is 0 Å². The maximum Gasteiger partial charge on any atom is 0.0171 e. The van der Waals surface area contributed by atoms with E-state index in [0.717, 1.165) is 0 Å². The van der Waals surface area contributed by atoms with Crippen molar-refractivity contribution in [2.24, 2.45) is 11.1 Å². The van der Waals surface area contributed by atoms with Crippen LogP contribution in [0.1, 0.15) is 19.3 Å². The van der Waals surface area contributed by atoms with Crippen LogP contribution in [0.25, 0.3) is 0 Å². The van der Waals surface area contributed by atoms with Gasteiger partial charge in [-0.1, -0.05) is 0 Å². The van der Waals surface area contributed by atoms with Gasteiger partial charge in [-0.3, -0.25) is 0 Å². The summed E-state index contributed by atoms with van der Waals surface area (Å²) in [5, 5.41) is 0. The van der Waals surface area contributed by atoms with Crippen molar-refractivity contribution in [1.82, 2.24) is 4.90 Å². The fourth-order valence-electron chi connectivity index (χ4n) is 2.92. The summed E-state index contributed by atoms with van der Waals surface area (Å²) >= 11 is 0. The predicted octanol–water partition coefficient (Wildman–Crippen LogP) is 1.27.